The van der Waals surface area contributed by atoms with Crippen molar-refractivity contribution >= 4 is 0 Å². The Balaban J connectivity index is 1.93. The molecule has 0 amide bonds. The summed E-state index contributed by atoms with van der Waals surface area (Å²) in [7, 11) is 1.76. The molecule has 1 N–H and O–H groups in total. The molecule has 0 aliphatic heterocycles. The fourth-order valence-electron chi connectivity index (χ4n) is 1.03. The first-order chi connectivity index (χ1) is 4.83. The van der Waals surface area contributed by atoms with Crippen LogP contribution in [-0.2, 0) is 4.74 Å². The van der Waals surface area contributed by atoms with Gasteiger partial charge in [0.15, 0.2) is 0 Å². The molecule has 1 aliphatic carbocycles. The fourth-order valence-corrected chi connectivity index (χ4v) is 1.03. The Morgan fingerprint density at radius 2 is 2.30 bits per heavy atom. The molecular formula is C8H17NO. The Bertz CT molecular complexity index is 86.5. The van der Waals surface area contributed by atoms with Crippen molar-refractivity contribution in [1.29, 1.82) is 0 Å². The van der Waals surface area contributed by atoms with Crippen LogP contribution >= 0.6 is 0 Å². The molecule has 0 heterocycles. The summed E-state index contributed by atoms with van der Waals surface area (Å²) in [6.07, 6.45) is 4.48. The Morgan fingerprint density at radius 3 is 2.70 bits per heavy atom. The lowest BCUT2D eigenvalue weighted by Gasteiger charge is -2.27. The molecule has 10 heavy (non-hydrogen) atoms. The van der Waals surface area contributed by atoms with Crippen LogP contribution in [0, 0.1) is 0 Å². The predicted octanol–water partition coefficient (Wildman–Crippen LogP) is 1.16. The number of nitrogens with one attached hydrogen (secondary N) is 1. The molecule has 1 atom stereocenters. The Hall–Kier alpha value is -0.0800. The lowest BCUT2D eigenvalue weighted by Crippen LogP contribution is -2.39. The van der Waals surface area contributed by atoms with Gasteiger partial charge in [0.1, 0.15) is 0 Å². The summed E-state index contributed by atoms with van der Waals surface area (Å²) in [5.41, 5.74) is 0. The van der Waals surface area contributed by atoms with E-state index < -0.39 is 0 Å². The van der Waals surface area contributed by atoms with Gasteiger partial charge in [-0.15, -0.1) is 0 Å². The van der Waals surface area contributed by atoms with Gasteiger partial charge in [-0.2, -0.15) is 0 Å². The maximum atomic E-state index is 5.11. The van der Waals surface area contributed by atoms with E-state index in [-0.39, 0.29) is 0 Å². The molecular weight excluding hydrogens is 126 g/mol. The maximum Gasteiger partial charge on any atom is 0.0667 e. The van der Waals surface area contributed by atoms with Gasteiger partial charge in [-0.3, -0.25) is 0 Å². The van der Waals surface area contributed by atoms with E-state index in [1.807, 2.05) is 0 Å². The van der Waals surface area contributed by atoms with Crippen molar-refractivity contribution in [1.82, 2.24) is 5.32 Å². The van der Waals surface area contributed by atoms with Crippen LogP contribution in [0.2, 0.25) is 0 Å². The largest absolute Gasteiger partial charge is 0.380 e. The van der Waals surface area contributed by atoms with Gasteiger partial charge >= 0.3 is 0 Å². The summed E-state index contributed by atoms with van der Waals surface area (Å²) in [4.78, 5) is 0. The summed E-state index contributed by atoms with van der Waals surface area (Å²) in [6.45, 7) is 3.09. The van der Waals surface area contributed by atoms with E-state index in [1.54, 1.807) is 7.11 Å². The van der Waals surface area contributed by atoms with Crippen LogP contribution in [0.5, 0.6) is 0 Å². The SMILES string of the molecule is COC(C)CNC1CCC1. The molecule has 0 spiro atoms. The molecule has 0 aromatic carbocycles. The third-order valence-corrected chi connectivity index (χ3v) is 2.20. The van der Waals surface area contributed by atoms with Gasteiger partial charge < -0.3 is 10.1 Å². The van der Waals surface area contributed by atoms with E-state index >= 15 is 0 Å². The van der Waals surface area contributed by atoms with Crippen LogP contribution < -0.4 is 5.32 Å². The van der Waals surface area contributed by atoms with Gasteiger partial charge in [-0.25, -0.2) is 0 Å². The van der Waals surface area contributed by atoms with Crippen LogP contribution in [0.4, 0.5) is 0 Å². The molecule has 1 aliphatic rings. The van der Waals surface area contributed by atoms with E-state index in [1.165, 1.54) is 19.3 Å². The van der Waals surface area contributed by atoms with Crippen molar-refractivity contribution in [2.75, 3.05) is 13.7 Å². The molecule has 0 saturated heterocycles. The van der Waals surface area contributed by atoms with Crippen molar-refractivity contribution in [2.45, 2.75) is 38.3 Å². The average molecular weight is 143 g/mol. The second-order valence-electron chi connectivity index (χ2n) is 3.08. The summed E-state index contributed by atoms with van der Waals surface area (Å²) in [6, 6.07) is 0.789. The van der Waals surface area contributed by atoms with Gasteiger partial charge in [0.2, 0.25) is 0 Å². The standard InChI is InChI=1S/C8H17NO/c1-7(10-2)6-9-8-4-3-5-8/h7-9H,3-6H2,1-2H3. The third-order valence-electron chi connectivity index (χ3n) is 2.20. The van der Waals surface area contributed by atoms with E-state index in [2.05, 4.69) is 12.2 Å². The fraction of sp³-hybridized carbons (Fsp3) is 1.00. The second kappa shape index (κ2) is 3.94. The zero-order valence-electron chi connectivity index (χ0n) is 6.89. The zero-order chi connectivity index (χ0) is 7.40. The van der Waals surface area contributed by atoms with Gasteiger partial charge in [-0.1, -0.05) is 6.42 Å². The van der Waals surface area contributed by atoms with Crippen molar-refractivity contribution in [3.8, 4) is 0 Å². The van der Waals surface area contributed by atoms with Crippen LogP contribution in [-0.4, -0.2) is 25.8 Å². The molecule has 0 radical (unpaired) electrons. The van der Waals surface area contributed by atoms with Crippen LogP contribution in [0.25, 0.3) is 0 Å². The number of rotatable bonds is 4. The molecule has 2 heteroatoms. The Labute approximate surface area is 63.0 Å². The normalized spacial score (nSPS) is 22.2. The molecule has 60 valence electrons. The molecule has 0 bridgehead atoms. The van der Waals surface area contributed by atoms with Crippen LogP contribution in [0.3, 0.4) is 0 Å². The minimum absolute atomic E-state index is 0.362. The summed E-state index contributed by atoms with van der Waals surface area (Å²) in [5, 5.41) is 3.44. The molecule has 0 aromatic rings. The number of hydrogen-bond donors (Lipinski definition) is 1. The second-order valence-corrected chi connectivity index (χ2v) is 3.08. The van der Waals surface area contributed by atoms with E-state index in [0.29, 0.717) is 6.10 Å². The molecule has 1 saturated carbocycles. The van der Waals surface area contributed by atoms with Gasteiger partial charge in [-0.05, 0) is 19.8 Å². The lowest BCUT2D eigenvalue weighted by molar-refractivity contribution is 0.110. The predicted molar refractivity (Wildman–Crippen MR) is 42.1 cm³/mol. The van der Waals surface area contributed by atoms with Crippen molar-refractivity contribution in [2.24, 2.45) is 0 Å². The third kappa shape index (κ3) is 2.27. The molecule has 1 fully saturated rings. The highest BCUT2D eigenvalue weighted by molar-refractivity contribution is 4.76. The molecule has 2 nitrogen and oxygen atoms in total. The van der Waals surface area contributed by atoms with Gasteiger partial charge in [0.25, 0.3) is 0 Å². The first-order valence-corrected chi connectivity index (χ1v) is 4.09. The lowest BCUT2D eigenvalue weighted by atomic mass is 9.93. The van der Waals surface area contributed by atoms with Gasteiger partial charge in [0.05, 0.1) is 6.10 Å². The van der Waals surface area contributed by atoms with E-state index in [0.717, 1.165) is 12.6 Å². The Morgan fingerprint density at radius 1 is 1.60 bits per heavy atom. The zero-order valence-corrected chi connectivity index (χ0v) is 6.89. The highest BCUT2D eigenvalue weighted by Gasteiger charge is 2.16. The van der Waals surface area contributed by atoms with Crippen LogP contribution in [0.1, 0.15) is 26.2 Å². The summed E-state index contributed by atoms with van der Waals surface area (Å²) in [5.74, 6) is 0. The molecule has 0 aromatic heterocycles. The summed E-state index contributed by atoms with van der Waals surface area (Å²) < 4.78 is 5.11. The monoisotopic (exact) mass is 143 g/mol. The highest BCUT2D eigenvalue weighted by Crippen LogP contribution is 2.17. The number of methoxy groups -OCH3 is 1. The maximum absolute atomic E-state index is 5.11. The molecule has 1 unspecified atom stereocenters. The topological polar surface area (TPSA) is 21.3 Å². The first kappa shape index (κ1) is 8.02. The first-order valence-electron chi connectivity index (χ1n) is 4.09. The summed E-state index contributed by atoms with van der Waals surface area (Å²) >= 11 is 0. The number of hydrogen-bond acceptors (Lipinski definition) is 2. The Kier molecular flexibility index (Phi) is 3.16. The highest BCUT2D eigenvalue weighted by atomic mass is 16.5. The van der Waals surface area contributed by atoms with Crippen molar-refractivity contribution in [3.05, 3.63) is 0 Å². The quantitative estimate of drug-likeness (QED) is 0.637. The minimum Gasteiger partial charge on any atom is -0.380 e. The van der Waals surface area contributed by atoms with Crippen molar-refractivity contribution < 1.29 is 4.74 Å². The van der Waals surface area contributed by atoms with E-state index in [4.69, 9.17) is 4.74 Å². The minimum atomic E-state index is 0.362. The van der Waals surface area contributed by atoms with Gasteiger partial charge in [0, 0.05) is 19.7 Å². The average Bonchev–Trinajstić information content (AvgIpc) is 1.84. The smallest absolute Gasteiger partial charge is 0.0667 e. The van der Waals surface area contributed by atoms with Crippen LogP contribution in [0.15, 0.2) is 0 Å². The van der Waals surface area contributed by atoms with Crippen molar-refractivity contribution in [3.63, 3.8) is 0 Å². The number of ether oxygens (including phenoxy) is 1. The molecule has 1 rings (SSSR count). The van der Waals surface area contributed by atoms with E-state index in [9.17, 15) is 0 Å².